The van der Waals surface area contributed by atoms with Crippen molar-refractivity contribution in [3.63, 3.8) is 0 Å². The molecule has 1 heterocycles. The monoisotopic (exact) mass is 394 g/mol. The van der Waals surface area contributed by atoms with Crippen LogP contribution in [0.25, 0.3) is 0 Å². The van der Waals surface area contributed by atoms with Crippen molar-refractivity contribution in [2.45, 2.75) is 19.9 Å². The summed E-state index contributed by atoms with van der Waals surface area (Å²) in [6, 6.07) is 6.14. The normalized spacial score (nSPS) is 10.6. The summed E-state index contributed by atoms with van der Waals surface area (Å²) in [5.41, 5.74) is -0.775. The zero-order valence-electron chi connectivity index (χ0n) is 14.2. The second-order valence-electron chi connectivity index (χ2n) is 5.57. The molecule has 2 aromatic rings. The first kappa shape index (κ1) is 20.0. The average molecular weight is 395 g/mol. The number of halogens is 2. The van der Waals surface area contributed by atoms with Gasteiger partial charge in [-0.15, -0.1) is 0 Å². The second-order valence-corrected chi connectivity index (χ2v) is 6.41. The number of ketones is 1. The van der Waals surface area contributed by atoms with Crippen molar-refractivity contribution in [2.75, 3.05) is 13.7 Å². The molecule has 136 valence electrons. The molecule has 0 radical (unpaired) electrons. The molecule has 1 aromatic heterocycles. The molecular formula is C18H16Cl2N2O4. The van der Waals surface area contributed by atoms with Gasteiger partial charge in [0.2, 0.25) is 5.88 Å². The Balaban J connectivity index is 2.67. The van der Waals surface area contributed by atoms with E-state index in [2.05, 4.69) is 0 Å². The van der Waals surface area contributed by atoms with Gasteiger partial charge in [-0.05, 0) is 37.1 Å². The van der Waals surface area contributed by atoms with Crippen LogP contribution in [-0.2, 0) is 11.3 Å². The van der Waals surface area contributed by atoms with Gasteiger partial charge in [-0.3, -0.25) is 14.2 Å². The number of nitrogens with zero attached hydrogens (tertiary/aromatic N) is 2. The summed E-state index contributed by atoms with van der Waals surface area (Å²) >= 11 is 11.9. The first-order valence-corrected chi connectivity index (χ1v) is 8.44. The van der Waals surface area contributed by atoms with Gasteiger partial charge < -0.3 is 9.84 Å². The van der Waals surface area contributed by atoms with Gasteiger partial charge in [0.15, 0.2) is 5.78 Å². The van der Waals surface area contributed by atoms with Crippen molar-refractivity contribution in [3.05, 3.63) is 60.9 Å². The summed E-state index contributed by atoms with van der Waals surface area (Å²) in [4.78, 5) is 25.4. The Bertz CT molecular complexity index is 961. The first-order chi connectivity index (χ1) is 12.3. The lowest BCUT2D eigenvalue weighted by Gasteiger charge is -2.16. The molecule has 1 aromatic carbocycles. The van der Waals surface area contributed by atoms with Gasteiger partial charge in [0.1, 0.15) is 11.6 Å². The third-order valence-corrected chi connectivity index (χ3v) is 4.48. The maximum Gasteiger partial charge on any atom is 0.271 e. The summed E-state index contributed by atoms with van der Waals surface area (Å²) in [5, 5.41) is 20.4. The minimum atomic E-state index is -0.655. The van der Waals surface area contributed by atoms with Gasteiger partial charge >= 0.3 is 0 Å². The third kappa shape index (κ3) is 3.75. The smallest absolute Gasteiger partial charge is 0.271 e. The van der Waals surface area contributed by atoms with Crippen LogP contribution in [0.1, 0.15) is 33.5 Å². The molecule has 0 aliphatic carbocycles. The molecule has 2 rings (SSSR count). The van der Waals surface area contributed by atoms with Crippen LogP contribution < -0.4 is 5.56 Å². The van der Waals surface area contributed by atoms with E-state index in [4.69, 9.17) is 27.9 Å². The Kier molecular flexibility index (Phi) is 6.43. The zero-order valence-corrected chi connectivity index (χ0v) is 15.7. The fourth-order valence-electron chi connectivity index (χ4n) is 2.61. The molecule has 6 nitrogen and oxygen atoms in total. The topological polar surface area (TPSA) is 92.3 Å². The van der Waals surface area contributed by atoms with Crippen LogP contribution in [0.4, 0.5) is 0 Å². The van der Waals surface area contributed by atoms with E-state index in [0.717, 1.165) is 4.57 Å². The number of hydrogen-bond acceptors (Lipinski definition) is 5. The van der Waals surface area contributed by atoms with E-state index in [1.54, 1.807) is 0 Å². The molecule has 0 amide bonds. The number of benzene rings is 1. The van der Waals surface area contributed by atoms with Crippen LogP contribution in [0.15, 0.2) is 23.0 Å². The summed E-state index contributed by atoms with van der Waals surface area (Å²) in [7, 11) is 1.51. The minimum Gasteiger partial charge on any atom is -0.494 e. The fourth-order valence-corrected chi connectivity index (χ4v) is 3.10. The van der Waals surface area contributed by atoms with Crippen molar-refractivity contribution < 1.29 is 14.6 Å². The second kappa shape index (κ2) is 8.37. The highest BCUT2D eigenvalue weighted by Gasteiger charge is 2.26. The largest absolute Gasteiger partial charge is 0.494 e. The molecule has 0 unspecified atom stereocenters. The highest BCUT2D eigenvalue weighted by atomic mass is 35.5. The van der Waals surface area contributed by atoms with Crippen LogP contribution in [0.3, 0.4) is 0 Å². The molecule has 8 heteroatoms. The van der Waals surface area contributed by atoms with Gasteiger partial charge in [-0.25, -0.2) is 0 Å². The first-order valence-electron chi connectivity index (χ1n) is 7.68. The number of carbonyl (C=O) groups is 1. The lowest BCUT2D eigenvalue weighted by Crippen LogP contribution is -2.27. The van der Waals surface area contributed by atoms with Gasteiger partial charge in [0.05, 0.1) is 10.6 Å². The van der Waals surface area contributed by atoms with E-state index in [1.807, 2.05) is 6.07 Å². The van der Waals surface area contributed by atoms with E-state index in [1.165, 1.54) is 32.2 Å². The number of pyridine rings is 1. The third-order valence-electron chi connectivity index (χ3n) is 3.93. The summed E-state index contributed by atoms with van der Waals surface area (Å²) in [6.45, 7) is 1.90. The van der Waals surface area contributed by atoms with E-state index < -0.39 is 17.2 Å². The number of aromatic nitrogens is 1. The van der Waals surface area contributed by atoms with Crippen LogP contribution in [0.2, 0.25) is 10.0 Å². The van der Waals surface area contributed by atoms with Crippen LogP contribution in [0, 0.1) is 18.3 Å². The van der Waals surface area contributed by atoms with E-state index in [0.29, 0.717) is 18.1 Å². The van der Waals surface area contributed by atoms with Gasteiger partial charge in [-0.2, -0.15) is 5.26 Å². The Morgan fingerprint density at radius 2 is 2.08 bits per heavy atom. The molecule has 1 N–H and O–H groups in total. The van der Waals surface area contributed by atoms with Crippen molar-refractivity contribution in [2.24, 2.45) is 0 Å². The highest BCUT2D eigenvalue weighted by molar-refractivity contribution is 6.37. The number of methoxy groups -OCH3 is 1. The van der Waals surface area contributed by atoms with Gasteiger partial charge in [0.25, 0.3) is 5.56 Å². The van der Waals surface area contributed by atoms with Crippen molar-refractivity contribution >= 4 is 29.0 Å². The van der Waals surface area contributed by atoms with Gasteiger partial charge in [0, 0.05) is 30.8 Å². The zero-order chi connectivity index (χ0) is 19.4. The van der Waals surface area contributed by atoms with Crippen molar-refractivity contribution in [1.29, 1.82) is 5.26 Å². The fraction of sp³-hybridized carbons (Fsp3) is 0.278. The van der Waals surface area contributed by atoms with Crippen molar-refractivity contribution in [1.82, 2.24) is 4.57 Å². The van der Waals surface area contributed by atoms with Crippen molar-refractivity contribution in [3.8, 4) is 11.9 Å². The van der Waals surface area contributed by atoms with Crippen LogP contribution in [0.5, 0.6) is 5.88 Å². The Morgan fingerprint density at radius 1 is 1.38 bits per heavy atom. The lowest BCUT2D eigenvalue weighted by molar-refractivity contribution is 0.103. The molecule has 0 aliphatic rings. The number of hydrogen-bond donors (Lipinski definition) is 1. The molecule has 0 bridgehead atoms. The SMILES string of the molecule is COCCCn1c(O)c(C(=O)c2ccc(Cl)cc2Cl)c(C)c(C#N)c1=O. The number of carbonyl (C=O) groups excluding carboxylic acids is 1. The number of aromatic hydroxyl groups is 1. The van der Waals surface area contributed by atoms with Gasteiger partial charge in [-0.1, -0.05) is 23.2 Å². The average Bonchev–Trinajstić information content (AvgIpc) is 2.58. The maximum absolute atomic E-state index is 12.9. The summed E-state index contributed by atoms with van der Waals surface area (Å²) in [5.74, 6) is -1.10. The quantitative estimate of drug-likeness (QED) is 0.599. The molecule has 26 heavy (non-hydrogen) atoms. The summed E-state index contributed by atoms with van der Waals surface area (Å²) < 4.78 is 5.94. The molecular weight excluding hydrogens is 379 g/mol. The Labute approximate surface area is 160 Å². The standard InChI is InChI=1S/C18H16Cl2N2O4/c1-10-13(9-21)17(24)22(6-3-7-26-2)18(25)15(10)16(23)12-5-4-11(19)8-14(12)20/h4-5,8,25H,3,6-7H2,1-2H3. The number of rotatable bonds is 6. The predicted molar refractivity (Wildman–Crippen MR) is 98.2 cm³/mol. The lowest BCUT2D eigenvalue weighted by atomic mass is 9.97. The Hall–Kier alpha value is -2.33. The van der Waals surface area contributed by atoms with Crippen LogP contribution in [-0.4, -0.2) is 29.2 Å². The highest BCUT2D eigenvalue weighted by Crippen LogP contribution is 2.29. The molecule has 0 saturated heterocycles. The molecule has 0 aliphatic heterocycles. The maximum atomic E-state index is 12.9. The van der Waals surface area contributed by atoms with E-state index in [9.17, 15) is 20.0 Å². The Morgan fingerprint density at radius 3 is 2.65 bits per heavy atom. The molecule has 0 atom stereocenters. The van der Waals surface area contributed by atoms with E-state index in [-0.39, 0.29) is 33.8 Å². The molecule has 0 fully saturated rings. The van der Waals surface area contributed by atoms with Crippen LogP contribution >= 0.6 is 23.2 Å². The van der Waals surface area contributed by atoms with E-state index >= 15 is 0 Å². The predicted octanol–water partition coefficient (Wildman–Crippen LogP) is 3.31. The number of ether oxygens (including phenoxy) is 1. The minimum absolute atomic E-state index is 0.0993. The number of nitriles is 1. The molecule has 0 spiro atoms. The summed E-state index contributed by atoms with van der Waals surface area (Å²) in [6.07, 6.45) is 0.424. The molecule has 0 saturated carbocycles.